The summed E-state index contributed by atoms with van der Waals surface area (Å²) in [5.41, 5.74) is 4.95. The predicted octanol–water partition coefficient (Wildman–Crippen LogP) is 5.09. The molecule has 0 spiro atoms. The van der Waals surface area contributed by atoms with Crippen LogP contribution < -0.4 is 14.8 Å². The van der Waals surface area contributed by atoms with Gasteiger partial charge < -0.3 is 14.8 Å². The Kier molecular flexibility index (Phi) is 6.31. The molecule has 0 amide bonds. The zero-order chi connectivity index (χ0) is 19.9. The molecule has 3 rings (SSSR count). The van der Waals surface area contributed by atoms with Crippen LogP contribution in [0, 0.1) is 11.3 Å². The third-order valence-corrected chi connectivity index (χ3v) is 4.79. The molecule has 4 heteroatoms. The topological polar surface area (TPSA) is 54.3 Å². The van der Waals surface area contributed by atoms with Crippen molar-refractivity contribution in [2.45, 2.75) is 19.5 Å². The Hall–Kier alpha value is -3.29. The van der Waals surface area contributed by atoms with Crippen molar-refractivity contribution in [2.24, 2.45) is 0 Å². The summed E-state index contributed by atoms with van der Waals surface area (Å²) in [7, 11) is 3.33. The first-order valence-electron chi connectivity index (χ1n) is 9.19. The third kappa shape index (κ3) is 4.51. The molecule has 0 saturated carbocycles. The van der Waals surface area contributed by atoms with E-state index >= 15 is 0 Å². The lowest BCUT2D eigenvalue weighted by atomic mass is 10.00. The molecule has 142 valence electrons. The summed E-state index contributed by atoms with van der Waals surface area (Å²) in [6.45, 7) is 2.87. The quantitative estimate of drug-likeness (QED) is 0.627. The van der Waals surface area contributed by atoms with Gasteiger partial charge >= 0.3 is 0 Å². The maximum absolute atomic E-state index is 9.18. The molecule has 4 nitrogen and oxygen atoms in total. The van der Waals surface area contributed by atoms with Crippen molar-refractivity contribution in [1.82, 2.24) is 5.32 Å². The molecule has 0 aliphatic rings. The molecule has 0 fully saturated rings. The average Bonchev–Trinajstić information content (AvgIpc) is 2.77. The number of hydrogen-bond donors (Lipinski definition) is 1. The van der Waals surface area contributed by atoms with Gasteiger partial charge in [-0.3, -0.25) is 0 Å². The second-order valence-corrected chi connectivity index (χ2v) is 6.60. The number of nitrogens with one attached hydrogen (secondary N) is 1. The van der Waals surface area contributed by atoms with E-state index in [1.54, 1.807) is 20.3 Å². The van der Waals surface area contributed by atoms with Gasteiger partial charge in [-0.15, -0.1) is 0 Å². The van der Waals surface area contributed by atoms with Crippen LogP contribution in [0.25, 0.3) is 11.1 Å². The summed E-state index contributed by atoms with van der Waals surface area (Å²) < 4.78 is 10.7. The smallest absolute Gasteiger partial charge is 0.126 e. The molecule has 3 aromatic rings. The second kappa shape index (κ2) is 9.07. The largest absolute Gasteiger partial charge is 0.497 e. The summed E-state index contributed by atoms with van der Waals surface area (Å²) in [4.78, 5) is 0. The van der Waals surface area contributed by atoms with Crippen molar-refractivity contribution in [3.63, 3.8) is 0 Å². The molecule has 0 aliphatic heterocycles. The Morgan fingerprint density at radius 1 is 0.964 bits per heavy atom. The first kappa shape index (κ1) is 19.5. The molecular formula is C24H24N2O2. The van der Waals surface area contributed by atoms with Crippen LogP contribution in [0.1, 0.15) is 29.7 Å². The fraction of sp³-hybridized carbons (Fsp3) is 0.208. The average molecular weight is 372 g/mol. The molecule has 0 aliphatic carbocycles. The van der Waals surface area contributed by atoms with Crippen molar-refractivity contribution >= 4 is 0 Å². The SMILES string of the molecule is COc1ccc([C@@H](C)NCc2ccc(OC)c(-c3cccc(C#N)c3)c2)cc1. The summed E-state index contributed by atoms with van der Waals surface area (Å²) in [6, 6.07) is 24.2. The number of methoxy groups -OCH3 is 2. The summed E-state index contributed by atoms with van der Waals surface area (Å²) in [6.07, 6.45) is 0. The van der Waals surface area contributed by atoms with Gasteiger partial charge in [-0.05, 0) is 60.0 Å². The highest BCUT2D eigenvalue weighted by Gasteiger charge is 2.10. The van der Waals surface area contributed by atoms with Crippen molar-refractivity contribution in [3.05, 3.63) is 83.4 Å². The van der Waals surface area contributed by atoms with Crippen LogP contribution in [0.2, 0.25) is 0 Å². The summed E-state index contributed by atoms with van der Waals surface area (Å²) in [5, 5.41) is 12.7. The van der Waals surface area contributed by atoms with Gasteiger partial charge in [0, 0.05) is 18.2 Å². The molecule has 0 unspecified atom stereocenters. The normalized spacial score (nSPS) is 11.5. The van der Waals surface area contributed by atoms with E-state index in [0.29, 0.717) is 5.56 Å². The maximum Gasteiger partial charge on any atom is 0.126 e. The van der Waals surface area contributed by atoms with Crippen LogP contribution in [0.5, 0.6) is 11.5 Å². The minimum absolute atomic E-state index is 0.207. The number of hydrogen-bond acceptors (Lipinski definition) is 4. The van der Waals surface area contributed by atoms with E-state index in [0.717, 1.165) is 34.7 Å². The van der Waals surface area contributed by atoms with Crippen molar-refractivity contribution in [2.75, 3.05) is 14.2 Å². The molecular weight excluding hydrogens is 348 g/mol. The molecule has 0 saturated heterocycles. The highest BCUT2D eigenvalue weighted by atomic mass is 16.5. The van der Waals surface area contributed by atoms with Gasteiger partial charge in [0.25, 0.3) is 0 Å². The molecule has 0 radical (unpaired) electrons. The first-order chi connectivity index (χ1) is 13.6. The van der Waals surface area contributed by atoms with E-state index in [1.165, 1.54) is 5.56 Å². The van der Waals surface area contributed by atoms with Crippen LogP contribution in [0.3, 0.4) is 0 Å². The number of rotatable bonds is 7. The molecule has 0 bridgehead atoms. The molecule has 3 aromatic carbocycles. The second-order valence-electron chi connectivity index (χ2n) is 6.60. The van der Waals surface area contributed by atoms with E-state index in [2.05, 4.69) is 42.6 Å². The lowest BCUT2D eigenvalue weighted by Gasteiger charge is -2.16. The summed E-state index contributed by atoms with van der Waals surface area (Å²) >= 11 is 0. The molecule has 0 aromatic heterocycles. The Balaban J connectivity index is 1.78. The van der Waals surface area contributed by atoms with E-state index in [1.807, 2.05) is 36.4 Å². The first-order valence-corrected chi connectivity index (χ1v) is 9.19. The van der Waals surface area contributed by atoms with Crippen molar-refractivity contribution in [3.8, 4) is 28.7 Å². The minimum Gasteiger partial charge on any atom is -0.497 e. The Morgan fingerprint density at radius 3 is 2.43 bits per heavy atom. The Morgan fingerprint density at radius 2 is 1.75 bits per heavy atom. The minimum atomic E-state index is 0.207. The number of nitrogens with zero attached hydrogens (tertiary/aromatic N) is 1. The van der Waals surface area contributed by atoms with Gasteiger partial charge in [0.15, 0.2) is 0 Å². The van der Waals surface area contributed by atoms with Crippen molar-refractivity contribution in [1.29, 1.82) is 5.26 Å². The molecule has 1 atom stereocenters. The molecule has 28 heavy (non-hydrogen) atoms. The fourth-order valence-corrected chi connectivity index (χ4v) is 3.13. The van der Waals surface area contributed by atoms with Crippen LogP contribution >= 0.6 is 0 Å². The molecule has 0 heterocycles. The van der Waals surface area contributed by atoms with Crippen molar-refractivity contribution < 1.29 is 9.47 Å². The van der Waals surface area contributed by atoms with Gasteiger partial charge in [0.2, 0.25) is 0 Å². The lowest BCUT2D eigenvalue weighted by molar-refractivity contribution is 0.414. The number of benzene rings is 3. The standard InChI is InChI=1S/C24H24N2O2/c1-17(20-8-10-22(27-2)11-9-20)26-16-19-7-12-24(28-3)23(14-19)21-6-4-5-18(13-21)15-25/h4-14,17,26H,16H2,1-3H3/t17-/m1/s1. The Labute approximate surface area is 166 Å². The van der Waals surface area contributed by atoms with E-state index < -0.39 is 0 Å². The lowest BCUT2D eigenvalue weighted by Crippen LogP contribution is -2.18. The van der Waals surface area contributed by atoms with Crippen LogP contribution in [-0.2, 0) is 6.54 Å². The fourth-order valence-electron chi connectivity index (χ4n) is 3.13. The third-order valence-electron chi connectivity index (χ3n) is 4.79. The predicted molar refractivity (Wildman–Crippen MR) is 111 cm³/mol. The van der Waals surface area contributed by atoms with Gasteiger partial charge in [0.05, 0.1) is 25.9 Å². The maximum atomic E-state index is 9.18. The highest BCUT2D eigenvalue weighted by molar-refractivity contribution is 5.72. The monoisotopic (exact) mass is 372 g/mol. The molecule has 1 N–H and O–H groups in total. The van der Waals surface area contributed by atoms with Crippen LogP contribution in [0.4, 0.5) is 0 Å². The van der Waals surface area contributed by atoms with Gasteiger partial charge in [-0.25, -0.2) is 0 Å². The van der Waals surface area contributed by atoms with Gasteiger partial charge in [0.1, 0.15) is 11.5 Å². The van der Waals surface area contributed by atoms with E-state index in [-0.39, 0.29) is 6.04 Å². The summed E-state index contributed by atoms with van der Waals surface area (Å²) in [5.74, 6) is 1.65. The number of ether oxygens (including phenoxy) is 2. The Bertz CT molecular complexity index is 975. The van der Waals surface area contributed by atoms with Gasteiger partial charge in [-0.2, -0.15) is 5.26 Å². The van der Waals surface area contributed by atoms with E-state index in [4.69, 9.17) is 9.47 Å². The zero-order valence-electron chi connectivity index (χ0n) is 16.4. The highest BCUT2D eigenvalue weighted by Crippen LogP contribution is 2.31. The zero-order valence-corrected chi connectivity index (χ0v) is 16.4. The van der Waals surface area contributed by atoms with Gasteiger partial charge in [-0.1, -0.05) is 30.3 Å². The van der Waals surface area contributed by atoms with E-state index in [9.17, 15) is 5.26 Å². The van der Waals surface area contributed by atoms with Crippen LogP contribution in [-0.4, -0.2) is 14.2 Å². The van der Waals surface area contributed by atoms with Crippen LogP contribution in [0.15, 0.2) is 66.7 Å². The number of nitriles is 1.